The predicted molar refractivity (Wildman–Crippen MR) is 73.2 cm³/mol. The fraction of sp³-hybridized carbons (Fsp3) is 0.143. The second-order valence-corrected chi connectivity index (χ2v) is 4.92. The minimum Gasteiger partial charge on any atom is -0.457 e. The van der Waals surface area contributed by atoms with Crippen LogP contribution in [-0.4, -0.2) is 0 Å². The van der Waals surface area contributed by atoms with E-state index < -0.39 is 0 Å². The summed E-state index contributed by atoms with van der Waals surface area (Å²) in [6.07, 6.45) is 0. The number of hydrogen-bond acceptors (Lipinski definition) is 2. The zero-order valence-electron chi connectivity index (χ0n) is 9.91. The van der Waals surface area contributed by atoms with E-state index in [-0.39, 0.29) is 5.82 Å². The first kappa shape index (κ1) is 13.1. The van der Waals surface area contributed by atoms with Crippen LogP contribution in [0.4, 0.5) is 4.39 Å². The van der Waals surface area contributed by atoms with Gasteiger partial charge in [-0.3, -0.25) is 0 Å². The van der Waals surface area contributed by atoms with Gasteiger partial charge in [-0.05, 0) is 42.3 Å². The molecule has 0 spiro atoms. The average molecular weight is 310 g/mol. The second kappa shape index (κ2) is 5.50. The van der Waals surface area contributed by atoms with Gasteiger partial charge >= 0.3 is 0 Å². The first-order valence-electron chi connectivity index (χ1n) is 5.52. The lowest BCUT2D eigenvalue weighted by molar-refractivity contribution is 0.475. The Morgan fingerprint density at radius 3 is 2.56 bits per heavy atom. The van der Waals surface area contributed by atoms with E-state index in [2.05, 4.69) is 15.9 Å². The van der Waals surface area contributed by atoms with Crippen molar-refractivity contribution in [2.24, 2.45) is 5.73 Å². The van der Waals surface area contributed by atoms with Gasteiger partial charge in [-0.25, -0.2) is 4.39 Å². The first-order valence-corrected chi connectivity index (χ1v) is 6.31. The van der Waals surface area contributed by atoms with Crippen LogP contribution < -0.4 is 10.5 Å². The third kappa shape index (κ3) is 3.09. The van der Waals surface area contributed by atoms with Gasteiger partial charge in [0.05, 0.1) is 0 Å². The number of rotatable bonds is 3. The molecule has 0 atom stereocenters. The van der Waals surface area contributed by atoms with E-state index in [0.29, 0.717) is 22.5 Å². The largest absolute Gasteiger partial charge is 0.457 e. The summed E-state index contributed by atoms with van der Waals surface area (Å²) in [7, 11) is 0. The molecule has 0 aliphatic carbocycles. The molecule has 0 fully saturated rings. The van der Waals surface area contributed by atoms with Gasteiger partial charge in [-0.15, -0.1) is 0 Å². The molecule has 2 N–H and O–H groups in total. The number of aryl methyl sites for hydroxylation is 1. The van der Waals surface area contributed by atoms with Crippen LogP contribution in [0.1, 0.15) is 11.1 Å². The van der Waals surface area contributed by atoms with E-state index in [1.54, 1.807) is 6.07 Å². The molecule has 94 valence electrons. The number of halogens is 2. The smallest absolute Gasteiger partial charge is 0.131 e. The topological polar surface area (TPSA) is 35.2 Å². The van der Waals surface area contributed by atoms with E-state index >= 15 is 0 Å². The van der Waals surface area contributed by atoms with Gasteiger partial charge < -0.3 is 10.5 Å². The third-order valence-electron chi connectivity index (χ3n) is 2.61. The third-order valence-corrected chi connectivity index (χ3v) is 3.06. The van der Waals surface area contributed by atoms with Gasteiger partial charge in [0.15, 0.2) is 0 Å². The zero-order valence-corrected chi connectivity index (χ0v) is 11.5. The van der Waals surface area contributed by atoms with Crippen LogP contribution in [-0.2, 0) is 6.54 Å². The average Bonchev–Trinajstić information content (AvgIpc) is 2.27. The minimum absolute atomic E-state index is 0.338. The molecule has 2 nitrogen and oxygen atoms in total. The lowest BCUT2D eigenvalue weighted by atomic mass is 10.1. The molecule has 2 aromatic rings. The molecule has 4 heteroatoms. The molecule has 0 aliphatic heterocycles. The second-order valence-electron chi connectivity index (χ2n) is 4.00. The molecule has 0 aromatic heterocycles. The summed E-state index contributed by atoms with van der Waals surface area (Å²) in [5, 5.41) is 0. The van der Waals surface area contributed by atoms with Crippen molar-refractivity contribution in [1.82, 2.24) is 0 Å². The SMILES string of the molecule is Cc1cc(Oc2cc(F)cc(Br)c2)ccc1CN. The van der Waals surface area contributed by atoms with Crippen molar-refractivity contribution in [3.63, 3.8) is 0 Å². The van der Waals surface area contributed by atoms with Crippen LogP contribution >= 0.6 is 15.9 Å². The molecule has 2 rings (SSSR count). The zero-order chi connectivity index (χ0) is 13.1. The Bertz CT molecular complexity index is 551. The highest BCUT2D eigenvalue weighted by atomic mass is 79.9. The van der Waals surface area contributed by atoms with Crippen molar-refractivity contribution >= 4 is 15.9 Å². The van der Waals surface area contributed by atoms with E-state index in [9.17, 15) is 4.39 Å². The predicted octanol–water partition coefficient (Wildman–Crippen LogP) is 4.15. The summed E-state index contributed by atoms with van der Waals surface area (Å²) in [6.45, 7) is 2.47. The molecular formula is C14H13BrFNO. The molecular weight excluding hydrogens is 297 g/mol. The Hall–Kier alpha value is -1.39. The minimum atomic E-state index is -0.338. The van der Waals surface area contributed by atoms with Crippen molar-refractivity contribution in [3.05, 3.63) is 57.8 Å². The summed E-state index contributed by atoms with van der Waals surface area (Å²) < 4.78 is 19.5. The normalized spacial score (nSPS) is 10.4. The van der Waals surface area contributed by atoms with Gasteiger partial charge in [0.1, 0.15) is 17.3 Å². The Kier molecular flexibility index (Phi) is 3.99. The summed E-state index contributed by atoms with van der Waals surface area (Å²) in [5.74, 6) is 0.790. The van der Waals surface area contributed by atoms with Crippen LogP contribution in [0.2, 0.25) is 0 Å². The Labute approximate surface area is 114 Å². The highest BCUT2D eigenvalue weighted by Gasteiger charge is 2.03. The summed E-state index contributed by atoms with van der Waals surface area (Å²) in [5.41, 5.74) is 7.73. The molecule has 18 heavy (non-hydrogen) atoms. The van der Waals surface area contributed by atoms with E-state index in [1.807, 2.05) is 25.1 Å². The Balaban J connectivity index is 2.25. The quantitative estimate of drug-likeness (QED) is 0.924. The van der Waals surface area contributed by atoms with Crippen LogP contribution in [0, 0.1) is 12.7 Å². The molecule has 0 heterocycles. The number of nitrogens with two attached hydrogens (primary N) is 1. The maximum atomic E-state index is 13.2. The van der Waals surface area contributed by atoms with Gasteiger partial charge in [-0.1, -0.05) is 22.0 Å². The van der Waals surface area contributed by atoms with Crippen LogP contribution in [0.15, 0.2) is 40.9 Å². The molecule has 0 saturated heterocycles. The highest BCUT2D eigenvalue weighted by molar-refractivity contribution is 9.10. The lowest BCUT2D eigenvalue weighted by Crippen LogP contribution is -1.99. The van der Waals surface area contributed by atoms with E-state index in [1.165, 1.54) is 12.1 Å². The van der Waals surface area contributed by atoms with Crippen LogP contribution in [0.25, 0.3) is 0 Å². The fourth-order valence-corrected chi connectivity index (χ4v) is 2.13. The van der Waals surface area contributed by atoms with E-state index in [0.717, 1.165) is 11.1 Å². The summed E-state index contributed by atoms with van der Waals surface area (Å²) >= 11 is 3.23. The van der Waals surface area contributed by atoms with Gasteiger partial charge in [-0.2, -0.15) is 0 Å². The van der Waals surface area contributed by atoms with Crippen LogP contribution in [0.5, 0.6) is 11.5 Å². The maximum absolute atomic E-state index is 13.2. The molecule has 0 radical (unpaired) electrons. The van der Waals surface area contributed by atoms with Gasteiger partial charge in [0.25, 0.3) is 0 Å². The van der Waals surface area contributed by atoms with Crippen molar-refractivity contribution in [2.45, 2.75) is 13.5 Å². The number of ether oxygens (including phenoxy) is 1. The summed E-state index contributed by atoms with van der Waals surface area (Å²) in [4.78, 5) is 0. The first-order chi connectivity index (χ1) is 8.58. The molecule has 0 unspecified atom stereocenters. The lowest BCUT2D eigenvalue weighted by Gasteiger charge is -2.09. The maximum Gasteiger partial charge on any atom is 0.131 e. The van der Waals surface area contributed by atoms with Gasteiger partial charge in [0, 0.05) is 17.1 Å². The summed E-state index contributed by atoms with van der Waals surface area (Å²) in [6, 6.07) is 10.1. The van der Waals surface area contributed by atoms with Crippen molar-refractivity contribution in [2.75, 3.05) is 0 Å². The van der Waals surface area contributed by atoms with Crippen molar-refractivity contribution < 1.29 is 9.13 Å². The Morgan fingerprint density at radius 1 is 1.17 bits per heavy atom. The van der Waals surface area contributed by atoms with E-state index in [4.69, 9.17) is 10.5 Å². The molecule has 0 bridgehead atoms. The molecule has 0 aliphatic rings. The monoisotopic (exact) mass is 309 g/mol. The van der Waals surface area contributed by atoms with Crippen LogP contribution in [0.3, 0.4) is 0 Å². The molecule has 2 aromatic carbocycles. The van der Waals surface area contributed by atoms with Crippen molar-refractivity contribution in [1.29, 1.82) is 0 Å². The molecule has 0 amide bonds. The fourth-order valence-electron chi connectivity index (χ4n) is 1.68. The Morgan fingerprint density at radius 2 is 1.94 bits per heavy atom. The number of benzene rings is 2. The van der Waals surface area contributed by atoms with Crippen molar-refractivity contribution in [3.8, 4) is 11.5 Å². The number of hydrogen-bond donors (Lipinski definition) is 1. The molecule has 0 saturated carbocycles. The van der Waals surface area contributed by atoms with Gasteiger partial charge in [0.2, 0.25) is 0 Å². The highest BCUT2D eigenvalue weighted by Crippen LogP contribution is 2.27. The standard InChI is InChI=1S/C14H13BrFNO/c1-9-4-13(3-2-10(9)8-17)18-14-6-11(15)5-12(16)7-14/h2-7H,8,17H2,1H3.